The van der Waals surface area contributed by atoms with Crippen molar-refractivity contribution in [3.05, 3.63) is 59.9 Å². The third-order valence-electron chi connectivity index (χ3n) is 2.92. The van der Waals surface area contributed by atoms with E-state index in [-0.39, 0.29) is 10.6 Å². The number of urea groups is 1. The lowest BCUT2D eigenvalue weighted by Crippen LogP contribution is -2.33. The van der Waals surface area contributed by atoms with Gasteiger partial charge in [-0.3, -0.25) is 0 Å². The van der Waals surface area contributed by atoms with Gasteiger partial charge >= 0.3 is 6.03 Å². The molecule has 0 atom stereocenters. The summed E-state index contributed by atoms with van der Waals surface area (Å²) in [6.07, 6.45) is 0. The maximum absolute atomic E-state index is 13.4. The van der Waals surface area contributed by atoms with Gasteiger partial charge in [-0.05, 0) is 31.2 Å². The first-order valence-electron chi connectivity index (χ1n) is 6.47. The Hall–Kier alpha value is -2.41. The lowest BCUT2D eigenvalue weighted by atomic mass is 10.2. The molecule has 2 aromatic rings. The number of aryl methyl sites for hydroxylation is 1. The van der Waals surface area contributed by atoms with Gasteiger partial charge in [0.2, 0.25) is 0 Å². The Morgan fingerprint density at radius 1 is 1.09 bits per heavy atom. The number of hydrogen-bond donors (Lipinski definition) is 2. The highest BCUT2D eigenvalue weighted by atomic mass is 32.2. The van der Waals surface area contributed by atoms with Gasteiger partial charge in [0.25, 0.3) is 0 Å². The maximum Gasteiger partial charge on any atom is 0.320 e. The minimum atomic E-state index is -3.64. The number of benzene rings is 2. The molecule has 0 fully saturated rings. The lowest BCUT2D eigenvalue weighted by molar-refractivity contribution is 0.253. The Balaban J connectivity index is 1.98. The van der Waals surface area contributed by atoms with Gasteiger partial charge in [-0.1, -0.05) is 29.8 Å². The molecule has 22 heavy (non-hydrogen) atoms. The number of rotatable bonds is 4. The van der Waals surface area contributed by atoms with Gasteiger partial charge in [-0.15, -0.1) is 0 Å². The topological polar surface area (TPSA) is 75.3 Å². The molecular weight excluding hydrogens is 307 g/mol. The van der Waals surface area contributed by atoms with Crippen molar-refractivity contribution in [3.8, 4) is 0 Å². The van der Waals surface area contributed by atoms with Crippen LogP contribution in [0, 0.1) is 12.7 Å². The van der Waals surface area contributed by atoms with E-state index >= 15 is 0 Å². The predicted octanol–water partition coefficient (Wildman–Crippen LogP) is 2.69. The summed E-state index contributed by atoms with van der Waals surface area (Å²) in [5.41, 5.74) is 0.914. The van der Waals surface area contributed by atoms with Gasteiger partial charge in [0, 0.05) is 0 Å². The van der Waals surface area contributed by atoms with E-state index in [2.05, 4.69) is 10.6 Å². The Morgan fingerprint density at radius 3 is 2.36 bits per heavy atom. The molecule has 0 spiro atoms. The summed E-state index contributed by atoms with van der Waals surface area (Å²) in [7, 11) is -3.64. The molecule has 0 aliphatic heterocycles. The molecule has 5 nitrogen and oxygen atoms in total. The summed E-state index contributed by atoms with van der Waals surface area (Å²) >= 11 is 0. The first-order valence-corrected chi connectivity index (χ1v) is 8.12. The van der Waals surface area contributed by atoms with E-state index in [9.17, 15) is 17.6 Å². The molecule has 0 aliphatic carbocycles. The van der Waals surface area contributed by atoms with Crippen LogP contribution in [0.15, 0.2) is 53.4 Å². The van der Waals surface area contributed by atoms with Crippen LogP contribution in [0.2, 0.25) is 0 Å². The highest BCUT2D eigenvalue weighted by Gasteiger charge is 2.16. The average Bonchev–Trinajstić information content (AvgIpc) is 2.48. The van der Waals surface area contributed by atoms with E-state index < -0.39 is 27.6 Å². The van der Waals surface area contributed by atoms with Gasteiger partial charge in [-0.2, -0.15) is 0 Å². The molecule has 0 aliphatic rings. The fourth-order valence-corrected chi connectivity index (χ4v) is 2.76. The predicted molar refractivity (Wildman–Crippen MR) is 81.8 cm³/mol. The van der Waals surface area contributed by atoms with Crippen molar-refractivity contribution in [2.45, 2.75) is 11.8 Å². The van der Waals surface area contributed by atoms with E-state index in [4.69, 9.17) is 0 Å². The van der Waals surface area contributed by atoms with Crippen molar-refractivity contribution in [2.75, 3.05) is 11.2 Å². The molecule has 0 saturated carbocycles. The second-order valence-electron chi connectivity index (χ2n) is 4.68. The van der Waals surface area contributed by atoms with Crippen molar-refractivity contribution in [1.29, 1.82) is 0 Å². The van der Waals surface area contributed by atoms with E-state index in [0.29, 0.717) is 0 Å². The number of halogens is 1. The fraction of sp³-hybridized carbons (Fsp3) is 0.133. The van der Waals surface area contributed by atoms with Gasteiger partial charge < -0.3 is 10.6 Å². The molecule has 0 radical (unpaired) electrons. The van der Waals surface area contributed by atoms with Gasteiger partial charge in [-0.25, -0.2) is 17.6 Å². The largest absolute Gasteiger partial charge is 0.323 e. The lowest BCUT2D eigenvalue weighted by Gasteiger charge is -2.09. The summed E-state index contributed by atoms with van der Waals surface area (Å²) in [5.74, 6) is -1.17. The molecule has 0 unspecified atom stereocenters. The number of carbonyl (C=O) groups excluding carboxylic acids is 1. The van der Waals surface area contributed by atoms with Crippen LogP contribution in [0.25, 0.3) is 0 Å². The number of hydrogen-bond acceptors (Lipinski definition) is 3. The van der Waals surface area contributed by atoms with Crippen molar-refractivity contribution in [1.82, 2.24) is 5.32 Å². The molecule has 2 aromatic carbocycles. The monoisotopic (exact) mass is 322 g/mol. The smallest absolute Gasteiger partial charge is 0.320 e. The fourth-order valence-electron chi connectivity index (χ4n) is 1.72. The number of amides is 2. The summed E-state index contributed by atoms with van der Waals surface area (Å²) in [5, 5.41) is 4.46. The quantitative estimate of drug-likeness (QED) is 0.909. The molecule has 116 valence electrons. The standard InChI is InChI=1S/C15H15FN2O3S/c1-11-6-8-12(9-7-11)22(20,21)10-17-15(19)18-14-5-3-2-4-13(14)16/h2-9H,10H2,1H3,(H2,17,18,19). The van der Waals surface area contributed by atoms with Crippen LogP contribution < -0.4 is 10.6 Å². The Morgan fingerprint density at radius 2 is 1.73 bits per heavy atom. The van der Waals surface area contributed by atoms with Crippen LogP contribution >= 0.6 is 0 Å². The highest BCUT2D eigenvalue weighted by molar-refractivity contribution is 7.91. The van der Waals surface area contributed by atoms with Crippen LogP contribution in [0.3, 0.4) is 0 Å². The summed E-state index contributed by atoms with van der Waals surface area (Å²) in [4.78, 5) is 11.8. The number of nitrogens with one attached hydrogen (secondary N) is 2. The number of carbonyl (C=O) groups is 1. The van der Waals surface area contributed by atoms with Crippen LogP contribution in [-0.2, 0) is 9.84 Å². The van der Waals surface area contributed by atoms with Gasteiger partial charge in [0.1, 0.15) is 11.7 Å². The minimum Gasteiger partial charge on any atom is -0.323 e. The molecule has 2 N–H and O–H groups in total. The zero-order chi connectivity index (χ0) is 16.2. The van der Waals surface area contributed by atoms with Crippen LogP contribution in [-0.4, -0.2) is 20.3 Å². The zero-order valence-corrected chi connectivity index (χ0v) is 12.7. The highest BCUT2D eigenvalue weighted by Crippen LogP contribution is 2.13. The summed E-state index contributed by atoms with van der Waals surface area (Å²) < 4.78 is 37.5. The molecular formula is C15H15FN2O3S. The van der Waals surface area contributed by atoms with Crippen molar-refractivity contribution >= 4 is 21.6 Å². The Bertz CT molecular complexity index is 774. The van der Waals surface area contributed by atoms with Crippen LogP contribution in [0.1, 0.15) is 5.56 Å². The number of anilines is 1. The van der Waals surface area contributed by atoms with E-state index in [1.165, 1.54) is 30.3 Å². The molecule has 0 heterocycles. The minimum absolute atomic E-state index is 0.0206. The number of sulfone groups is 1. The Labute approximate surface area is 128 Å². The van der Waals surface area contributed by atoms with E-state index in [0.717, 1.165) is 5.56 Å². The normalized spacial score (nSPS) is 11.0. The van der Waals surface area contributed by atoms with Crippen molar-refractivity contribution in [3.63, 3.8) is 0 Å². The molecule has 2 rings (SSSR count). The third-order valence-corrected chi connectivity index (χ3v) is 4.44. The number of para-hydroxylation sites is 1. The first-order chi connectivity index (χ1) is 10.4. The van der Waals surface area contributed by atoms with Gasteiger partial charge in [0.05, 0.1) is 10.6 Å². The summed E-state index contributed by atoms with van der Waals surface area (Å²) in [6, 6.07) is 11.1. The molecule has 0 aromatic heterocycles. The second kappa shape index (κ2) is 6.57. The molecule has 0 saturated heterocycles. The van der Waals surface area contributed by atoms with Crippen LogP contribution in [0.5, 0.6) is 0 Å². The average molecular weight is 322 g/mol. The summed E-state index contributed by atoms with van der Waals surface area (Å²) in [6.45, 7) is 1.84. The Kier molecular flexibility index (Phi) is 4.77. The molecule has 7 heteroatoms. The van der Waals surface area contributed by atoms with E-state index in [1.807, 2.05) is 6.92 Å². The van der Waals surface area contributed by atoms with Crippen molar-refractivity contribution < 1.29 is 17.6 Å². The molecule has 2 amide bonds. The second-order valence-corrected chi connectivity index (χ2v) is 6.67. The van der Waals surface area contributed by atoms with E-state index in [1.54, 1.807) is 18.2 Å². The SMILES string of the molecule is Cc1ccc(S(=O)(=O)CNC(=O)Nc2ccccc2F)cc1. The first kappa shape index (κ1) is 16.0. The van der Waals surface area contributed by atoms with Crippen LogP contribution in [0.4, 0.5) is 14.9 Å². The molecule has 0 bridgehead atoms. The van der Waals surface area contributed by atoms with Crippen molar-refractivity contribution in [2.24, 2.45) is 0 Å². The van der Waals surface area contributed by atoms with Gasteiger partial charge in [0.15, 0.2) is 9.84 Å². The zero-order valence-electron chi connectivity index (χ0n) is 11.8. The maximum atomic E-state index is 13.4. The third kappa shape index (κ3) is 4.05.